The summed E-state index contributed by atoms with van der Waals surface area (Å²) in [5.74, 6) is -1.16. The van der Waals surface area contributed by atoms with Crippen LogP contribution in [0, 0.1) is 10.1 Å². The molecule has 1 unspecified atom stereocenters. The Morgan fingerprint density at radius 3 is 2.65 bits per heavy atom. The van der Waals surface area contributed by atoms with Crippen molar-refractivity contribution in [3.63, 3.8) is 0 Å². The first-order valence-corrected chi connectivity index (χ1v) is 5.05. The van der Waals surface area contributed by atoms with E-state index >= 15 is 0 Å². The summed E-state index contributed by atoms with van der Waals surface area (Å²) in [6.45, 7) is 0. The van der Waals surface area contributed by atoms with Crippen molar-refractivity contribution in [1.82, 2.24) is 4.90 Å². The smallest absolute Gasteiger partial charge is 0.269 e. The van der Waals surface area contributed by atoms with Gasteiger partial charge in [0.05, 0.1) is 10.8 Å². The fraction of sp³-hybridized carbons (Fsp3) is 0.273. The second kappa shape index (κ2) is 3.97. The molecule has 1 atom stereocenters. The highest BCUT2D eigenvalue weighted by Gasteiger charge is 2.37. The Morgan fingerprint density at radius 2 is 2.12 bits per heavy atom. The van der Waals surface area contributed by atoms with Gasteiger partial charge in [0, 0.05) is 25.6 Å². The second-order valence-electron chi connectivity index (χ2n) is 3.90. The minimum Gasteiger partial charge on any atom is -0.285 e. The lowest BCUT2D eigenvalue weighted by atomic mass is 9.97. The van der Waals surface area contributed by atoms with E-state index in [1.165, 1.54) is 25.2 Å². The molecule has 0 spiro atoms. The number of benzene rings is 1. The standard InChI is InChI=1S/C11H10N2O4/c1-12-10(14)6-9(11(12)15)7-3-2-4-8(5-7)13(16)17/h2-5,9H,6H2,1H3. The quantitative estimate of drug-likeness (QED) is 0.435. The third-order valence-corrected chi connectivity index (χ3v) is 2.86. The number of hydrogen-bond acceptors (Lipinski definition) is 4. The van der Waals surface area contributed by atoms with Gasteiger partial charge in [0.1, 0.15) is 0 Å². The van der Waals surface area contributed by atoms with Crippen molar-refractivity contribution in [1.29, 1.82) is 0 Å². The number of likely N-dealkylation sites (N-methyl/N-ethyl adjacent to an activating group) is 1. The highest BCUT2D eigenvalue weighted by atomic mass is 16.6. The zero-order chi connectivity index (χ0) is 12.6. The van der Waals surface area contributed by atoms with Gasteiger partial charge in [-0.1, -0.05) is 12.1 Å². The molecule has 1 saturated heterocycles. The molecule has 1 fully saturated rings. The predicted molar refractivity (Wildman–Crippen MR) is 58.2 cm³/mol. The summed E-state index contributed by atoms with van der Waals surface area (Å²) in [5, 5.41) is 10.6. The summed E-state index contributed by atoms with van der Waals surface area (Å²) in [6, 6.07) is 5.84. The van der Waals surface area contributed by atoms with Gasteiger partial charge in [-0.3, -0.25) is 24.6 Å². The second-order valence-corrected chi connectivity index (χ2v) is 3.90. The van der Waals surface area contributed by atoms with Gasteiger partial charge in [-0.2, -0.15) is 0 Å². The molecule has 2 rings (SSSR count). The minimum atomic E-state index is -0.590. The molecular formula is C11H10N2O4. The summed E-state index contributed by atoms with van der Waals surface area (Å²) in [4.78, 5) is 34.3. The van der Waals surface area contributed by atoms with E-state index in [4.69, 9.17) is 0 Å². The van der Waals surface area contributed by atoms with Gasteiger partial charge in [0.2, 0.25) is 11.8 Å². The molecule has 1 heterocycles. The number of nitro groups is 1. The molecule has 0 aromatic heterocycles. The van der Waals surface area contributed by atoms with Gasteiger partial charge in [-0.15, -0.1) is 0 Å². The molecule has 88 valence electrons. The van der Waals surface area contributed by atoms with Crippen LogP contribution in [-0.4, -0.2) is 28.7 Å². The number of hydrogen-bond donors (Lipinski definition) is 0. The van der Waals surface area contributed by atoms with Crippen LogP contribution in [0.1, 0.15) is 17.9 Å². The molecule has 1 aliphatic rings. The molecule has 17 heavy (non-hydrogen) atoms. The average Bonchev–Trinajstić information content (AvgIpc) is 2.57. The summed E-state index contributed by atoms with van der Waals surface area (Å²) < 4.78 is 0. The first kappa shape index (κ1) is 11.3. The number of carbonyl (C=O) groups excluding carboxylic acids is 2. The van der Waals surface area contributed by atoms with Crippen molar-refractivity contribution in [2.75, 3.05) is 7.05 Å². The first-order valence-electron chi connectivity index (χ1n) is 5.05. The molecule has 2 amide bonds. The number of non-ortho nitro benzene ring substituents is 1. The van der Waals surface area contributed by atoms with Crippen LogP contribution in [0.3, 0.4) is 0 Å². The third kappa shape index (κ3) is 1.89. The number of rotatable bonds is 2. The average molecular weight is 234 g/mol. The van der Waals surface area contributed by atoms with Crippen molar-refractivity contribution in [3.8, 4) is 0 Å². The van der Waals surface area contributed by atoms with Crippen LogP contribution in [-0.2, 0) is 9.59 Å². The van der Waals surface area contributed by atoms with Crippen molar-refractivity contribution in [2.45, 2.75) is 12.3 Å². The number of nitrogens with zero attached hydrogens (tertiary/aromatic N) is 2. The lowest BCUT2D eigenvalue weighted by molar-refractivity contribution is -0.384. The predicted octanol–water partition coefficient (Wildman–Crippen LogP) is 1.07. The molecule has 6 nitrogen and oxygen atoms in total. The zero-order valence-corrected chi connectivity index (χ0v) is 9.12. The Balaban J connectivity index is 2.35. The molecule has 0 bridgehead atoms. The van der Waals surface area contributed by atoms with Gasteiger partial charge in [0.25, 0.3) is 5.69 Å². The van der Waals surface area contributed by atoms with Crippen LogP contribution in [0.4, 0.5) is 5.69 Å². The molecular weight excluding hydrogens is 224 g/mol. The monoisotopic (exact) mass is 234 g/mol. The largest absolute Gasteiger partial charge is 0.285 e. The topological polar surface area (TPSA) is 80.5 Å². The van der Waals surface area contributed by atoms with Crippen molar-refractivity contribution < 1.29 is 14.5 Å². The maximum absolute atomic E-state index is 11.7. The SMILES string of the molecule is CN1C(=O)CC(c2cccc([N+](=O)[O-])c2)C1=O. The van der Waals surface area contributed by atoms with Crippen molar-refractivity contribution in [2.24, 2.45) is 0 Å². The van der Waals surface area contributed by atoms with Crippen LogP contribution in [0.15, 0.2) is 24.3 Å². The van der Waals surface area contributed by atoms with E-state index in [-0.39, 0.29) is 23.9 Å². The number of amides is 2. The summed E-state index contributed by atoms with van der Waals surface area (Å²) >= 11 is 0. The Kier molecular flexibility index (Phi) is 2.63. The Morgan fingerprint density at radius 1 is 1.41 bits per heavy atom. The first-order chi connectivity index (χ1) is 8.00. The van der Waals surface area contributed by atoms with Gasteiger partial charge in [-0.25, -0.2) is 0 Å². The fourth-order valence-electron chi connectivity index (χ4n) is 1.87. The fourth-order valence-corrected chi connectivity index (χ4v) is 1.87. The zero-order valence-electron chi connectivity index (χ0n) is 9.12. The molecule has 0 radical (unpaired) electrons. The van der Waals surface area contributed by atoms with Crippen LogP contribution in [0.5, 0.6) is 0 Å². The lowest BCUT2D eigenvalue weighted by Gasteiger charge is -2.08. The van der Waals surface area contributed by atoms with Gasteiger partial charge in [-0.05, 0) is 5.56 Å². The summed E-state index contributed by atoms with van der Waals surface area (Å²) in [5.41, 5.74) is 0.444. The van der Waals surface area contributed by atoms with E-state index in [1.54, 1.807) is 6.07 Å². The van der Waals surface area contributed by atoms with E-state index < -0.39 is 10.8 Å². The van der Waals surface area contributed by atoms with Gasteiger partial charge in [0.15, 0.2) is 0 Å². The molecule has 1 aromatic rings. The molecule has 0 saturated carbocycles. The van der Waals surface area contributed by atoms with E-state index in [0.29, 0.717) is 5.56 Å². The Bertz CT molecular complexity index is 512. The number of nitro benzene ring substituents is 1. The molecule has 1 aromatic carbocycles. The van der Waals surface area contributed by atoms with Gasteiger partial charge >= 0.3 is 0 Å². The van der Waals surface area contributed by atoms with E-state index in [9.17, 15) is 19.7 Å². The number of likely N-dealkylation sites (tertiary alicyclic amines) is 1. The summed E-state index contributed by atoms with van der Waals surface area (Å²) in [6.07, 6.45) is 0.0799. The Hall–Kier alpha value is -2.24. The van der Waals surface area contributed by atoms with E-state index in [2.05, 4.69) is 0 Å². The normalized spacial score (nSPS) is 19.8. The third-order valence-electron chi connectivity index (χ3n) is 2.86. The molecule has 0 aliphatic carbocycles. The molecule has 1 aliphatic heterocycles. The molecule has 0 N–H and O–H groups in total. The highest BCUT2D eigenvalue weighted by molar-refractivity contribution is 6.05. The van der Waals surface area contributed by atoms with Crippen LogP contribution < -0.4 is 0 Å². The summed E-state index contributed by atoms with van der Waals surface area (Å²) in [7, 11) is 1.42. The van der Waals surface area contributed by atoms with E-state index in [0.717, 1.165) is 4.90 Å². The van der Waals surface area contributed by atoms with Crippen LogP contribution in [0.25, 0.3) is 0 Å². The lowest BCUT2D eigenvalue weighted by Crippen LogP contribution is -2.25. The Labute approximate surface area is 97.0 Å². The van der Waals surface area contributed by atoms with Gasteiger partial charge < -0.3 is 0 Å². The van der Waals surface area contributed by atoms with Crippen LogP contribution in [0.2, 0.25) is 0 Å². The number of imide groups is 1. The molecule has 6 heteroatoms. The van der Waals surface area contributed by atoms with Crippen LogP contribution >= 0.6 is 0 Å². The maximum atomic E-state index is 11.7. The number of carbonyl (C=O) groups is 2. The highest BCUT2D eigenvalue weighted by Crippen LogP contribution is 2.30. The maximum Gasteiger partial charge on any atom is 0.269 e. The van der Waals surface area contributed by atoms with Crippen molar-refractivity contribution >= 4 is 17.5 Å². The van der Waals surface area contributed by atoms with E-state index in [1.807, 2.05) is 0 Å². The van der Waals surface area contributed by atoms with Crippen molar-refractivity contribution in [3.05, 3.63) is 39.9 Å². The minimum absolute atomic E-state index is 0.0719.